The Bertz CT molecular complexity index is 436. The lowest BCUT2D eigenvalue weighted by Gasteiger charge is -2.22. The summed E-state index contributed by atoms with van der Waals surface area (Å²) in [5.41, 5.74) is -0.819. The van der Waals surface area contributed by atoms with Crippen LogP contribution >= 0.6 is 0 Å². The Morgan fingerprint density at radius 2 is 1.89 bits per heavy atom. The number of hydrogen-bond acceptors (Lipinski definition) is 2. The summed E-state index contributed by atoms with van der Waals surface area (Å²) in [6, 6.07) is 2.11. The van der Waals surface area contributed by atoms with Crippen molar-refractivity contribution in [2.75, 3.05) is 0 Å². The smallest absolute Gasteiger partial charge is 0.348 e. The summed E-state index contributed by atoms with van der Waals surface area (Å²) in [5.74, 6) is -0.402. The van der Waals surface area contributed by atoms with Gasteiger partial charge in [0.15, 0.2) is 0 Å². The first-order chi connectivity index (χ1) is 8.97. The lowest BCUT2D eigenvalue weighted by Crippen LogP contribution is -2.36. The van der Waals surface area contributed by atoms with Gasteiger partial charge in [0.1, 0.15) is 5.69 Å². The van der Waals surface area contributed by atoms with Crippen molar-refractivity contribution in [3.63, 3.8) is 0 Å². The van der Waals surface area contributed by atoms with Gasteiger partial charge in [0.25, 0.3) is 5.91 Å². The largest absolute Gasteiger partial charge is 0.417 e. The van der Waals surface area contributed by atoms with E-state index < -0.39 is 17.6 Å². The van der Waals surface area contributed by atoms with Gasteiger partial charge in [-0.3, -0.25) is 9.78 Å². The summed E-state index contributed by atoms with van der Waals surface area (Å²) < 4.78 is 37.1. The van der Waals surface area contributed by atoms with Gasteiger partial charge < -0.3 is 5.32 Å². The molecule has 1 aromatic heterocycles. The molecule has 0 aliphatic heterocycles. The maximum atomic E-state index is 12.4. The number of aromatic nitrogens is 1. The van der Waals surface area contributed by atoms with Gasteiger partial charge in [-0.05, 0) is 25.0 Å². The highest BCUT2D eigenvalue weighted by atomic mass is 19.4. The maximum Gasteiger partial charge on any atom is 0.417 e. The van der Waals surface area contributed by atoms with Crippen molar-refractivity contribution in [1.82, 2.24) is 10.3 Å². The molecule has 19 heavy (non-hydrogen) atoms. The van der Waals surface area contributed by atoms with Gasteiger partial charge in [-0.25, -0.2) is 0 Å². The molecule has 1 amide bonds. The van der Waals surface area contributed by atoms with E-state index >= 15 is 0 Å². The molecule has 1 aliphatic rings. The second kappa shape index (κ2) is 5.59. The highest BCUT2D eigenvalue weighted by Gasteiger charge is 2.31. The third-order valence-corrected chi connectivity index (χ3v) is 3.26. The molecule has 104 valence electrons. The number of pyridine rings is 1. The van der Waals surface area contributed by atoms with Crippen molar-refractivity contribution < 1.29 is 18.0 Å². The van der Waals surface area contributed by atoms with Crippen LogP contribution in [0.25, 0.3) is 0 Å². The van der Waals surface area contributed by atoms with Crippen molar-refractivity contribution >= 4 is 5.91 Å². The molecule has 0 aromatic carbocycles. The third kappa shape index (κ3) is 3.68. The highest BCUT2D eigenvalue weighted by molar-refractivity contribution is 5.92. The Kier molecular flexibility index (Phi) is 4.07. The van der Waals surface area contributed by atoms with Crippen LogP contribution in [-0.4, -0.2) is 16.9 Å². The average Bonchev–Trinajstić information content (AvgIpc) is 2.39. The van der Waals surface area contributed by atoms with Gasteiger partial charge in [-0.2, -0.15) is 13.2 Å². The van der Waals surface area contributed by atoms with Gasteiger partial charge in [0, 0.05) is 12.2 Å². The van der Waals surface area contributed by atoms with Crippen LogP contribution in [0, 0.1) is 0 Å². The molecule has 0 unspecified atom stereocenters. The SMILES string of the molecule is O=C(NC1CCCCC1)c1ccc(C(F)(F)F)cn1. The molecule has 0 saturated heterocycles. The Hall–Kier alpha value is -1.59. The van der Waals surface area contributed by atoms with E-state index in [0.29, 0.717) is 6.20 Å². The summed E-state index contributed by atoms with van der Waals surface area (Å²) in [4.78, 5) is 15.4. The second-order valence-corrected chi connectivity index (χ2v) is 4.74. The number of amides is 1. The predicted molar refractivity (Wildman–Crippen MR) is 63.6 cm³/mol. The first-order valence-electron chi connectivity index (χ1n) is 6.31. The van der Waals surface area contributed by atoms with Gasteiger partial charge in [0.2, 0.25) is 0 Å². The minimum atomic E-state index is -4.43. The van der Waals surface area contributed by atoms with E-state index in [1.807, 2.05) is 0 Å². The predicted octanol–water partition coefficient (Wildman–Crippen LogP) is 3.16. The fourth-order valence-electron chi connectivity index (χ4n) is 2.20. The fourth-order valence-corrected chi connectivity index (χ4v) is 2.20. The first kappa shape index (κ1) is 13.8. The quantitative estimate of drug-likeness (QED) is 0.898. The lowest BCUT2D eigenvalue weighted by molar-refractivity contribution is -0.137. The normalized spacial score (nSPS) is 17.2. The van der Waals surface area contributed by atoms with Crippen LogP contribution in [-0.2, 0) is 6.18 Å². The first-order valence-corrected chi connectivity index (χ1v) is 6.31. The van der Waals surface area contributed by atoms with Crippen molar-refractivity contribution in [3.05, 3.63) is 29.6 Å². The Morgan fingerprint density at radius 1 is 1.21 bits per heavy atom. The van der Waals surface area contributed by atoms with Gasteiger partial charge in [-0.15, -0.1) is 0 Å². The Labute approximate surface area is 109 Å². The molecule has 0 radical (unpaired) electrons. The van der Waals surface area contributed by atoms with E-state index in [-0.39, 0.29) is 11.7 Å². The number of nitrogens with one attached hydrogen (secondary N) is 1. The van der Waals surface area contributed by atoms with Crippen LogP contribution in [0.3, 0.4) is 0 Å². The maximum absolute atomic E-state index is 12.4. The van der Waals surface area contributed by atoms with Gasteiger partial charge in [0.05, 0.1) is 5.56 Å². The summed E-state index contributed by atoms with van der Waals surface area (Å²) in [6.07, 6.45) is 1.43. The monoisotopic (exact) mass is 272 g/mol. The van der Waals surface area contributed by atoms with Crippen molar-refractivity contribution in [1.29, 1.82) is 0 Å². The molecule has 1 N–H and O–H groups in total. The van der Waals surface area contributed by atoms with Gasteiger partial charge in [-0.1, -0.05) is 19.3 Å². The molecular weight excluding hydrogens is 257 g/mol. The number of hydrogen-bond donors (Lipinski definition) is 1. The molecule has 0 spiro atoms. The van der Waals surface area contributed by atoms with Crippen LogP contribution in [0.1, 0.15) is 48.2 Å². The number of rotatable bonds is 2. The number of halogens is 3. The van der Waals surface area contributed by atoms with E-state index in [1.54, 1.807) is 0 Å². The van der Waals surface area contributed by atoms with Crippen molar-refractivity contribution in [2.24, 2.45) is 0 Å². The van der Waals surface area contributed by atoms with E-state index in [9.17, 15) is 18.0 Å². The summed E-state index contributed by atoms with van der Waals surface area (Å²) in [7, 11) is 0. The molecule has 6 heteroatoms. The van der Waals surface area contributed by atoms with E-state index in [1.165, 1.54) is 6.42 Å². The highest BCUT2D eigenvalue weighted by Crippen LogP contribution is 2.28. The van der Waals surface area contributed by atoms with Crippen LogP contribution < -0.4 is 5.32 Å². The average molecular weight is 272 g/mol. The van der Waals surface area contributed by atoms with Crippen LogP contribution in [0.15, 0.2) is 18.3 Å². The Balaban J connectivity index is 1.99. The fraction of sp³-hybridized carbons (Fsp3) is 0.538. The zero-order chi connectivity index (χ0) is 13.9. The molecule has 1 heterocycles. The van der Waals surface area contributed by atoms with E-state index in [4.69, 9.17) is 0 Å². The molecule has 1 aliphatic carbocycles. The molecule has 2 rings (SSSR count). The summed E-state index contributed by atoms with van der Waals surface area (Å²) >= 11 is 0. The minimum Gasteiger partial charge on any atom is -0.348 e. The molecule has 1 aromatic rings. The summed E-state index contributed by atoms with van der Waals surface area (Å²) in [6.45, 7) is 0. The van der Waals surface area contributed by atoms with E-state index in [0.717, 1.165) is 37.8 Å². The number of carbonyl (C=O) groups is 1. The standard InChI is InChI=1S/C13H15F3N2O/c14-13(15,16)9-6-7-11(17-8-9)12(19)18-10-4-2-1-3-5-10/h6-8,10H,1-5H2,(H,18,19). The molecule has 3 nitrogen and oxygen atoms in total. The number of carbonyl (C=O) groups excluding carboxylic acids is 1. The molecule has 0 bridgehead atoms. The van der Waals surface area contributed by atoms with Crippen molar-refractivity contribution in [3.8, 4) is 0 Å². The van der Waals surface area contributed by atoms with E-state index in [2.05, 4.69) is 10.3 Å². The molecule has 0 atom stereocenters. The topological polar surface area (TPSA) is 42.0 Å². The molecular formula is C13H15F3N2O. The van der Waals surface area contributed by atoms with Crippen LogP contribution in [0.2, 0.25) is 0 Å². The Morgan fingerprint density at radius 3 is 2.42 bits per heavy atom. The number of alkyl halides is 3. The van der Waals surface area contributed by atoms with Crippen LogP contribution in [0.4, 0.5) is 13.2 Å². The minimum absolute atomic E-state index is 0.0265. The number of nitrogens with zero attached hydrogens (tertiary/aromatic N) is 1. The van der Waals surface area contributed by atoms with Gasteiger partial charge >= 0.3 is 6.18 Å². The molecule has 1 saturated carbocycles. The zero-order valence-corrected chi connectivity index (χ0v) is 10.3. The second-order valence-electron chi connectivity index (χ2n) is 4.74. The zero-order valence-electron chi connectivity index (χ0n) is 10.3. The van der Waals surface area contributed by atoms with Crippen LogP contribution in [0.5, 0.6) is 0 Å². The summed E-state index contributed by atoms with van der Waals surface area (Å²) in [5, 5.41) is 2.81. The third-order valence-electron chi connectivity index (χ3n) is 3.26. The molecule has 1 fully saturated rings. The lowest BCUT2D eigenvalue weighted by atomic mass is 9.95. The van der Waals surface area contributed by atoms with Crippen molar-refractivity contribution in [2.45, 2.75) is 44.3 Å².